The second-order valence-electron chi connectivity index (χ2n) is 2.63. The molecular formula is C8H8F2N2O2. The van der Waals surface area contributed by atoms with E-state index in [4.69, 9.17) is 5.11 Å². The molecule has 0 bridgehead atoms. The topological polar surface area (TPSA) is 63.1 Å². The summed E-state index contributed by atoms with van der Waals surface area (Å²) in [7, 11) is 0. The Bertz CT molecular complexity index is 314. The number of aromatic nitrogens is 2. The minimum Gasteiger partial charge on any atom is -0.481 e. The first kappa shape index (κ1) is 10.5. The van der Waals surface area contributed by atoms with Crippen LogP contribution in [0.2, 0.25) is 0 Å². The molecule has 6 heteroatoms. The molecule has 76 valence electrons. The zero-order valence-corrected chi connectivity index (χ0v) is 7.15. The molecule has 1 aromatic heterocycles. The maximum absolute atomic E-state index is 12.0. The van der Waals surface area contributed by atoms with Crippen molar-refractivity contribution in [3.05, 3.63) is 23.8 Å². The normalized spacial score (nSPS) is 10.5. The molecule has 0 fully saturated rings. The standard InChI is InChI=1S/C8H8F2N2O2/c9-8(10)6-4-11-5(3-12-6)1-2-7(13)14/h3-4,8H,1-2H2,(H,13,14). The van der Waals surface area contributed by atoms with Crippen LogP contribution in [-0.4, -0.2) is 21.0 Å². The summed E-state index contributed by atoms with van der Waals surface area (Å²) in [6.45, 7) is 0. The highest BCUT2D eigenvalue weighted by atomic mass is 19.3. The molecule has 14 heavy (non-hydrogen) atoms. The summed E-state index contributed by atoms with van der Waals surface area (Å²) in [5.41, 5.74) is 0.000810. The molecule has 1 heterocycles. The number of carbonyl (C=O) groups is 1. The molecule has 0 unspecified atom stereocenters. The molecule has 0 amide bonds. The van der Waals surface area contributed by atoms with Crippen molar-refractivity contribution in [2.75, 3.05) is 0 Å². The van der Waals surface area contributed by atoms with Crippen molar-refractivity contribution in [3.8, 4) is 0 Å². The van der Waals surface area contributed by atoms with Crippen LogP contribution in [0.1, 0.15) is 24.2 Å². The van der Waals surface area contributed by atoms with E-state index in [0.29, 0.717) is 5.69 Å². The summed E-state index contributed by atoms with van der Waals surface area (Å²) in [5, 5.41) is 8.35. The summed E-state index contributed by atoms with van der Waals surface area (Å²) in [6, 6.07) is 0. The largest absolute Gasteiger partial charge is 0.481 e. The van der Waals surface area contributed by atoms with Crippen LogP contribution in [-0.2, 0) is 11.2 Å². The van der Waals surface area contributed by atoms with E-state index >= 15 is 0 Å². The van der Waals surface area contributed by atoms with Crippen LogP contribution in [0.4, 0.5) is 8.78 Å². The number of hydrogen-bond acceptors (Lipinski definition) is 3. The molecule has 4 nitrogen and oxygen atoms in total. The molecule has 0 saturated carbocycles. The Morgan fingerprint density at radius 2 is 2.14 bits per heavy atom. The maximum Gasteiger partial charge on any atom is 0.303 e. The molecule has 1 rings (SSSR count). The second-order valence-corrected chi connectivity index (χ2v) is 2.63. The minimum atomic E-state index is -2.64. The summed E-state index contributed by atoms with van der Waals surface area (Å²) in [6.07, 6.45) is -0.392. The lowest BCUT2D eigenvalue weighted by atomic mass is 10.2. The van der Waals surface area contributed by atoms with Gasteiger partial charge in [-0.15, -0.1) is 0 Å². The lowest BCUT2D eigenvalue weighted by molar-refractivity contribution is -0.136. The Morgan fingerprint density at radius 3 is 2.57 bits per heavy atom. The van der Waals surface area contributed by atoms with Gasteiger partial charge in [0.25, 0.3) is 6.43 Å². The average molecular weight is 202 g/mol. The van der Waals surface area contributed by atoms with Gasteiger partial charge >= 0.3 is 5.97 Å². The number of aliphatic carboxylic acids is 1. The van der Waals surface area contributed by atoms with Gasteiger partial charge in [0, 0.05) is 12.6 Å². The molecular weight excluding hydrogens is 194 g/mol. The number of alkyl halides is 2. The molecule has 1 aromatic rings. The molecule has 0 aliphatic rings. The number of hydrogen-bond donors (Lipinski definition) is 1. The van der Waals surface area contributed by atoms with E-state index in [9.17, 15) is 13.6 Å². The van der Waals surface area contributed by atoms with Crippen molar-refractivity contribution in [3.63, 3.8) is 0 Å². The quantitative estimate of drug-likeness (QED) is 0.802. The van der Waals surface area contributed by atoms with Crippen LogP contribution >= 0.6 is 0 Å². The highest BCUT2D eigenvalue weighted by molar-refractivity contribution is 5.66. The van der Waals surface area contributed by atoms with Gasteiger partial charge in [-0.2, -0.15) is 0 Å². The number of aryl methyl sites for hydroxylation is 1. The fourth-order valence-corrected chi connectivity index (χ4v) is 0.842. The SMILES string of the molecule is O=C(O)CCc1cnc(C(F)F)cn1. The zero-order valence-electron chi connectivity index (χ0n) is 7.15. The van der Waals surface area contributed by atoms with Crippen LogP contribution in [0, 0.1) is 0 Å². The first-order valence-corrected chi connectivity index (χ1v) is 3.90. The summed E-state index contributed by atoms with van der Waals surface area (Å²) in [4.78, 5) is 17.3. The van der Waals surface area contributed by atoms with Gasteiger partial charge in [-0.05, 0) is 0 Å². The van der Waals surface area contributed by atoms with Crippen LogP contribution in [0.3, 0.4) is 0 Å². The zero-order chi connectivity index (χ0) is 10.6. The Balaban J connectivity index is 2.59. The highest BCUT2D eigenvalue weighted by Gasteiger charge is 2.09. The molecule has 0 atom stereocenters. The van der Waals surface area contributed by atoms with E-state index < -0.39 is 18.1 Å². The third-order valence-electron chi connectivity index (χ3n) is 1.54. The van der Waals surface area contributed by atoms with Crippen molar-refractivity contribution in [1.29, 1.82) is 0 Å². The number of carboxylic acids is 1. The molecule has 0 spiro atoms. The smallest absolute Gasteiger partial charge is 0.303 e. The molecule has 0 radical (unpaired) electrons. The third-order valence-corrected chi connectivity index (χ3v) is 1.54. The number of carboxylic acid groups (broad SMARTS) is 1. The second kappa shape index (κ2) is 4.59. The van der Waals surface area contributed by atoms with E-state index in [1.54, 1.807) is 0 Å². The number of nitrogens with zero attached hydrogens (tertiary/aromatic N) is 2. The lowest BCUT2D eigenvalue weighted by Crippen LogP contribution is -2.01. The van der Waals surface area contributed by atoms with Gasteiger partial charge in [-0.1, -0.05) is 0 Å². The van der Waals surface area contributed by atoms with Crippen LogP contribution in [0.5, 0.6) is 0 Å². The van der Waals surface area contributed by atoms with Crippen molar-refractivity contribution >= 4 is 5.97 Å². The lowest BCUT2D eigenvalue weighted by Gasteiger charge is -1.99. The molecule has 0 aliphatic carbocycles. The Kier molecular flexibility index (Phi) is 3.44. The highest BCUT2D eigenvalue weighted by Crippen LogP contribution is 2.14. The van der Waals surface area contributed by atoms with Crippen molar-refractivity contribution < 1.29 is 18.7 Å². The number of halogens is 2. The van der Waals surface area contributed by atoms with Gasteiger partial charge in [0.1, 0.15) is 5.69 Å². The van der Waals surface area contributed by atoms with Crippen molar-refractivity contribution in [2.24, 2.45) is 0 Å². The van der Waals surface area contributed by atoms with Crippen molar-refractivity contribution in [2.45, 2.75) is 19.3 Å². The van der Waals surface area contributed by atoms with Crippen LogP contribution in [0.15, 0.2) is 12.4 Å². The Hall–Kier alpha value is -1.59. The molecule has 0 aliphatic heterocycles. The average Bonchev–Trinajstić information content (AvgIpc) is 2.15. The van der Waals surface area contributed by atoms with E-state index in [-0.39, 0.29) is 12.8 Å². The molecule has 1 N–H and O–H groups in total. The third kappa shape index (κ3) is 3.04. The number of rotatable bonds is 4. The minimum absolute atomic E-state index is 0.0806. The van der Waals surface area contributed by atoms with Gasteiger partial charge in [0.2, 0.25) is 0 Å². The van der Waals surface area contributed by atoms with Crippen molar-refractivity contribution in [1.82, 2.24) is 9.97 Å². The van der Waals surface area contributed by atoms with E-state index in [0.717, 1.165) is 6.20 Å². The summed E-state index contributed by atoms with van der Waals surface area (Å²) >= 11 is 0. The molecule has 0 saturated heterocycles. The summed E-state index contributed by atoms with van der Waals surface area (Å²) in [5.74, 6) is -0.954. The van der Waals surface area contributed by atoms with Crippen LogP contribution < -0.4 is 0 Å². The van der Waals surface area contributed by atoms with Gasteiger partial charge in [-0.3, -0.25) is 14.8 Å². The van der Waals surface area contributed by atoms with Crippen LogP contribution in [0.25, 0.3) is 0 Å². The fraction of sp³-hybridized carbons (Fsp3) is 0.375. The fourth-order valence-electron chi connectivity index (χ4n) is 0.842. The Labute approximate surface area is 78.6 Å². The first-order chi connectivity index (χ1) is 6.59. The maximum atomic E-state index is 12.0. The van der Waals surface area contributed by atoms with Gasteiger partial charge < -0.3 is 5.11 Å². The predicted octanol–water partition coefficient (Wildman–Crippen LogP) is 1.43. The first-order valence-electron chi connectivity index (χ1n) is 3.90. The Morgan fingerprint density at radius 1 is 1.43 bits per heavy atom. The van der Waals surface area contributed by atoms with Gasteiger partial charge in [-0.25, -0.2) is 8.78 Å². The van der Waals surface area contributed by atoms with Gasteiger partial charge in [0.15, 0.2) is 0 Å². The predicted molar refractivity (Wildman–Crippen MR) is 42.9 cm³/mol. The van der Waals surface area contributed by atoms with E-state index in [1.165, 1.54) is 6.20 Å². The van der Waals surface area contributed by atoms with Gasteiger partial charge in [0.05, 0.1) is 18.3 Å². The van der Waals surface area contributed by atoms with E-state index in [2.05, 4.69) is 9.97 Å². The van der Waals surface area contributed by atoms with E-state index in [1.807, 2.05) is 0 Å². The molecule has 0 aromatic carbocycles. The summed E-state index contributed by atoms with van der Waals surface area (Å²) < 4.78 is 24.0. The monoisotopic (exact) mass is 202 g/mol.